The van der Waals surface area contributed by atoms with E-state index in [2.05, 4.69) is 53.4 Å². The van der Waals surface area contributed by atoms with Crippen LogP contribution < -0.4 is 63.5 Å². The molecule has 1 heterocycles. The van der Waals surface area contributed by atoms with Gasteiger partial charge in [-0.25, -0.2) is 6.54 Å². The molecule has 1 fully saturated rings. The van der Waals surface area contributed by atoms with E-state index in [9.17, 15) is 4.79 Å². The van der Waals surface area contributed by atoms with Gasteiger partial charge in [-0.1, -0.05) is 20.8 Å². The number of amides is 1. The molecule has 0 aromatic rings. The Bertz CT molecular complexity index is 264. The molecule has 0 aromatic carbocycles. The number of hydrogen-bond acceptors (Lipinski definition) is 2. The minimum atomic E-state index is -0.0360. The quantitative estimate of drug-likeness (QED) is 0.717. The molecule has 0 aromatic heterocycles. The first-order valence-corrected chi connectivity index (χ1v) is 7.03. The van der Waals surface area contributed by atoms with Crippen molar-refractivity contribution in [3.05, 3.63) is 6.54 Å². The zero-order valence-corrected chi connectivity index (χ0v) is 18.8. The molecule has 1 aliphatic heterocycles. The molecule has 3 nitrogen and oxygen atoms in total. The van der Waals surface area contributed by atoms with Crippen LogP contribution in [0.5, 0.6) is 0 Å². The van der Waals surface area contributed by atoms with Crippen LogP contribution in [0.4, 0.5) is 0 Å². The van der Waals surface area contributed by atoms with Crippen LogP contribution >= 0.6 is 0 Å². The SMILES string of the molecule is CC(C)(C)[CH-]N1CCCCC(NC(C)(C)C)C1=O.[Rb+]. The molecular weight excluding hydrogens is 310 g/mol. The van der Waals surface area contributed by atoms with Crippen molar-refractivity contribution in [1.82, 2.24) is 10.2 Å². The summed E-state index contributed by atoms with van der Waals surface area (Å²) in [6, 6.07) is -0.0360. The molecule has 1 saturated heterocycles. The van der Waals surface area contributed by atoms with Crippen LogP contribution in [-0.2, 0) is 4.79 Å². The summed E-state index contributed by atoms with van der Waals surface area (Å²) in [5, 5.41) is 3.45. The second-order valence-electron chi connectivity index (χ2n) is 7.47. The summed E-state index contributed by atoms with van der Waals surface area (Å²) in [5.74, 6) is 0.234. The third kappa shape index (κ3) is 8.30. The van der Waals surface area contributed by atoms with Gasteiger partial charge in [0.25, 0.3) is 0 Å². The third-order valence-electron chi connectivity index (χ3n) is 2.87. The van der Waals surface area contributed by atoms with E-state index in [0.29, 0.717) is 0 Å². The Morgan fingerprint density at radius 2 is 1.74 bits per heavy atom. The van der Waals surface area contributed by atoms with Crippen molar-refractivity contribution in [2.24, 2.45) is 5.41 Å². The second-order valence-corrected chi connectivity index (χ2v) is 7.47. The van der Waals surface area contributed by atoms with E-state index < -0.39 is 0 Å². The molecule has 0 saturated carbocycles. The van der Waals surface area contributed by atoms with Gasteiger partial charge in [-0.2, -0.15) is 0 Å². The summed E-state index contributed by atoms with van der Waals surface area (Å²) in [7, 11) is 0. The van der Waals surface area contributed by atoms with E-state index in [4.69, 9.17) is 0 Å². The van der Waals surface area contributed by atoms with E-state index in [1.54, 1.807) is 0 Å². The minimum absolute atomic E-state index is 0. The van der Waals surface area contributed by atoms with Crippen molar-refractivity contribution in [3.8, 4) is 0 Å². The summed E-state index contributed by atoms with van der Waals surface area (Å²) in [6.45, 7) is 15.7. The van der Waals surface area contributed by atoms with Crippen molar-refractivity contribution in [2.45, 2.75) is 72.4 Å². The molecule has 1 N–H and O–H groups in total. The molecule has 0 radical (unpaired) electrons. The van der Waals surface area contributed by atoms with Gasteiger partial charge in [-0.15, -0.1) is 5.41 Å². The normalized spacial score (nSPS) is 21.9. The van der Waals surface area contributed by atoms with Crippen LogP contribution in [0.15, 0.2) is 0 Å². The van der Waals surface area contributed by atoms with E-state index in [1.165, 1.54) is 0 Å². The Kier molecular flexibility index (Phi) is 8.54. The maximum Gasteiger partial charge on any atom is 1.00 e. The van der Waals surface area contributed by atoms with Gasteiger partial charge in [0, 0.05) is 5.54 Å². The number of nitrogens with one attached hydrogen (secondary N) is 1. The first-order valence-electron chi connectivity index (χ1n) is 7.03. The van der Waals surface area contributed by atoms with Crippen molar-refractivity contribution >= 4 is 5.91 Å². The van der Waals surface area contributed by atoms with E-state index in [1.807, 2.05) is 4.90 Å². The minimum Gasteiger partial charge on any atom is -0.491 e. The van der Waals surface area contributed by atoms with E-state index in [-0.39, 0.29) is 81.1 Å². The number of likely N-dealkylation sites (tertiary alicyclic amines) is 1. The van der Waals surface area contributed by atoms with Crippen LogP contribution in [-0.4, -0.2) is 28.9 Å². The smallest absolute Gasteiger partial charge is 0.491 e. The number of carbonyl (C=O) groups excluding carboxylic acids is 1. The van der Waals surface area contributed by atoms with Crippen LogP contribution in [0.2, 0.25) is 0 Å². The van der Waals surface area contributed by atoms with Crippen molar-refractivity contribution < 1.29 is 63.0 Å². The zero-order valence-electron chi connectivity index (χ0n) is 13.8. The Hall–Kier alpha value is 1.24. The maximum atomic E-state index is 12.5. The summed E-state index contributed by atoms with van der Waals surface area (Å²) in [5.41, 5.74) is 0.0321. The van der Waals surface area contributed by atoms with E-state index >= 15 is 0 Å². The van der Waals surface area contributed by atoms with Crippen LogP contribution in [0, 0.1) is 12.0 Å². The molecular formula is C15H29N2ORb. The van der Waals surface area contributed by atoms with Crippen molar-refractivity contribution in [3.63, 3.8) is 0 Å². The summed E-state index contributed by atoms with van der Waals surface area (Å²) < 4.78 is 0. The van der Waals surface area contributed by atoms with Crippen molar-refractivity contribution in [2.75, 3.05) is 6.54 Å². The van der Waals surface area contributed by atoms with Crippen LogP contribution in [0.25, 0.3) is 0 Å². The molecule has 1 aliphatic rings. The van der Waals surface area contributed by atoms with Gasteiger partial charge in [-0.05, 0) is 46.6 Å². The number of carbonyl (C=O) groups is 1. The molecule has 1 unspecified atom stereocenters. The number of nitrogens with zero attached hydrogens (tertiary/aromatic N) is 1. The molecule has 0 bridgehead atoms. The van der Waals surface area contributed by atoms with Crippen LogP contribution in [0.3, 0.4) is 0 Å². The molecule has 1 rings (SSSR count). The molecule has 1 amide bonds. The largest absolute Gasteiger partial charge is 1.00 e. The van der Waals surface area contributed by atoms with Gasteiger partial charge in [0.1, 0.15) is 0 Å². The fourth-order valence-corrected chi connectivity index (χ4v) is 2.32. The van der Waals surface area contributed by atoms with Crippen LogP contribution in [0.1, 0.15) is 60.8 Å². The van der Waals surface area contributed by atoms with Gasteiger partial charge in [0.2, 0.25) is 5.91 Å². The Labute approximate surface area is 168 Å². The fraction of sp³-hybridized carbons (Fsp3) is 0.867. The Morgan fingerprint density at radius 3 is 2.21 bits per heavy atom. The number of hydrogen-bond donors (Lipinski definition) is 1. The van der Waals surface area contributed by atoms with Gasteiger partial charge >= 0.3 is 58.2 Å². The summed E-state index contributed by atoms with van der Waals surface area (Å²) in [4.78, 5) is 14.5. The molecule has 4 heteroatoms. The molecule has 1 atom stereocenters. The maximum absolute atomic E-state index is 12.5. The zero-order chi connectivity index (χ0) is 14.0. The first kappa shape index (κ1) is 20.2. The third-order valence-corrected chi connectivity index (χ3v) is 2.87. The molecule has 0 aliphatic carbocycles. The molecule has 19 heavy (non-hydrogen) atoms. The van der Waals surface area contributed by atoms with E-state index in [0.717, 1.165) is 25.8 Å². The van der Waals surface area contributed by atoms with Crippen molar-refractivity contribution in [1.29, 1.82) is 0 Å². The topological polar surface area (TPSA) is 32.3 Å². The van der Waals surface area contributed by atoms with Gasteiger partial charge < -0.3 is 10.2 Å². The predicted molar refractivity (Wildman–Crippen MR) is 76.0 cm³/mol. The molecule has 106 valence electrons. The Morgan fingerprint density at radius 1 is 1.16 bits per heavy atom. The average molecular weight is 339 g/mol. The summed E-state index contributed by atoms with van der Waals surface area (Å²) >= 11 is 0. The monoisotopic (exact) mass is 338 g/mol. The standard InChI is InChI=1S/C15H29N2O.Rb/c1-14(2,3)11-17-10-8-7-9-12(13(17)18)16-15(4,5)6;/h11-12,16H,7-10H2,1-6H3;/q-1;+1. The first-order chi connectivity index (χ1) is 8.08. The fourth-order valence-electron chi connectivity index (χ4n) is 2.32. The predicted octanol–water partition coefficient (Wildman–Crippen LogP) is -0.0325. The Balaban J connectivity index is 0.00000324. The number of rotatable bonds is 2. The summed E-state index contributed by atoms with van der Waals surface area (Å²) in [6.07, 6.45) is 3.17. The van der Waals surface area contributed by atoms with Gasteiger partial charge in [0.15, 0.2) is 0 Å². The average Bonchev–Trinajstić information content (AvgIpc) is 2.28. The second kappa shape index (κ2) is 8.02. The van der Waals surface area contributed by atoms with Gasteiger partial charge in [-0.3, -0.25) is 4.79 Å². The molecule has 0 spiro atoms. The van der Waals surface area contributed by atoms with Gasteiger partial charge in [0.05, 0.1) is 6.04 Å².